The molecule has 0 saturated carbocycles. The van der Waals surface area contributed by atoms with E-state index < -0.39 is 0 Å². The number of pyridine rings is 1. The van der Waals surface area contributed by atoms with Gasteiger partial charge in [-0.25, -0.2) is 4.98 Å². The highest BCUT2D eigenvalue weighted by molar-refractivity contribution is 5.94. The fraction of sp³-hybridized carbons (Fsp3) is 0.400. The Morgan fingerprint density at radius 1 is 1.12 bits per heavy atom. The van der Waals surface area contributed by atoms with Gasteiger partial charge in [-0.15, -0.1) is 0 Å². The highest BCUT2D eigenvalue weighted by Crippen LogP contribution is 2.21. The molecule has 1 unspecified atom stereocenters. The summed E-state index contributed by atoms with van der Waals surface area (Å²) in [6.07, 6.45) is 2.43. The van der Waals surface area contributed by atoms with Crippen LogP contribution in [0.3, 0.4) is 0 Å². The second-order valence-electron chi connectivity index (χ2n) is 6.72. The summed E-state index contributed by atoms with van der Waals surface area (Å²) in [5, 5.41) is 0. The zero-order valence-corrected chi connectivity index (χ0v) is 15.5. The number of benzene rings is 1. The smallest absolute Gasteiger partial charge is 0.255 e. The van der Waals surface area contributed by atoms with Crippen molar-refractivity contribution in [1.82, 2.24) is 9.88 Å². The number of para-hydroxylation sites is 1. The topological polar surface area (TPSA) is 62.5 Å². The number of hydrogen-bond acceptors (Lipinski definition) is 4. The van der Waals surface area contributed by atoms with Crippen LogP contribution in [0.1, 0.15) is 30.6 Å². The van der Waals surface area contributed by atoms with E-state index in [0.29, 0.717) is 18.0 Å². The molecule has 2 rings (SSSR count). The first-order valence-corrected chi connectivity index (χ1v) is 8.66. The van der Waals surface area contributed by atoms with Crippen LogP contribution in [-0.4, -0.2) is 42.5 Å². The third-order valence-electron chi connectivity index (χ3n) is 4.48. The number of hydrogen-bond donors (Lipinski definition) is 1. The Kier molecular flexibility index (Phi) is 6.53. The SMILES string of the molecule is CC(C)C(N)CCN(C)C(=O)c1ccc(N(C)c2ccccc2)nc1. The predicted octanol–water partition coefficient (Wildman–Crippen LogP) is 3.29. The van der Waals surface area contributed by atoms with Gasteiger partial charge in [0, 0.05) is 38.6 Å². The van der Waals surface area contributed by atoms with Crippen molar-refractivity contribution in [2.75, 3.05) is 25.5 Å². The number of nitrogens with two attached hydrogens (primary N) is 1. The molecule has 2 aromatic rings. The first kappa shape index (κ1) is 18.9. The standard InChI is InChI=1S/C20H28N4O/c1-15(2)18(21)12-13-23(3)20(25)16-10-11-19(22-14-16)24(4)17-8-6-5-7-9-17/h5-11,14-15,18H,12-13,21H2,1-4H3. The first-order valence-electron chi connectivity index (χ1n) is 8.66. The van der Waals surface area contributed by atoms with Gasteiger partial charge < -0.3 is 15.5 Å². The molecule has 0 fully saturated rings. The van der Waals surface area contributed by atoms with E-state index in [4.69, 9.17) is 5.73 Å². The number of amides is 1. The Balaban J connectivity index is 2.00. The minimum absolute atomic E-state index is 0.0302. The van der Waals surface area contributed by atoms with E-state index >= 15 is 0 Å². The molecule has 2 N–H and O–H groups in total. The Morgan fingerprint density at radius 3 is 2.36 bits per heavy atom. The largest absolute Gasteiger partial charge is 0.342 e. The Hall–Kier alpha value is -2.40. The maximum Gasteiger partial charge on any atom is 0.255 e. The van der Waals surface area contributed by atoms with Crippen molar-refractivity contribution in [1.29, 1.82) is 0 Å². The molecule has 0 radical (unpaired) electrons. The van der Waals surface area contributed by atoms with E-state index in [-0.39, 0.29) is 11.9 Å². The third kappa shape index (κ3) is 5.03. The fourth-order valence-electron chi connectivity index (χ4n) is 2.49. The van der Waals surface area contributed by atoms with Gasteiger partial charge in [0.1, 0.15) is 5.82 Å². The monoisotopic (exact) mass is 340 g/mol. The van der Waals surface area contributed by atoms with E-state index in [0.717, 1.165) is 17.9 Å². The van der Waals surface area contributed by atoms with Crippen LogP contribution in [0.4, 0.5) is 11.5 Å². The Labute approximate surface area is 150 Å². The molecule has 5 nitrogen and oxygen atoms in total. The lowest BCUT2D eigenvalue weighted by atomic mass is 10.0. The molecule has 1 heterocycles. The summed E-state index contributed by atoms with van der Waals surface area (Å²) in [4.78, 5) is 20.6. The molecule has 25 heavy (non-hydrogen) atoms. The van der Waals surface area contributed by atoms with Crippen molar-refractivity contribution in [3.63, 3.8) is 0 Å². The van der Waals surface area contributed by atoms with Gasteiger partial charge in [0.25, 0.3) is 5.91 Å². The van der Waals surface area contributed by atoms with E-state index in [1.54, 1.807) is 18.1 Å². The normalized spacial score (nSPS) is 12.1. The van der Waals surface area contributed by atoms with Gasteiger partial charge in [0.2, 0.25) is 0 Å². The molecule has 5 heteroatoms. The molecule has 1 aromatic carbocycles. The molecule has 134 valence electrons. The summed E-state index contributed by atoms with van der Waals surface area (Å²) >= 11 is 0. The number of aromatic nitrogens is 1. The van der Waals surface area contributed by atoms with Crippen LogP contribution < -0.4 is 10.6 Å². The minimum Gasteiger partial charge on any atom is -0.342 e. The Bertz CT molecular complexity index is 670. The van der Waals surface area contributed by atoms with Gasteiger partial charge in [-0.3, -0.25) is 4.79 Å². The minimum atomic E-state index is -0.0302. The van der Waals surface area contributed by atoms with Crippen molar-refractivity contribution in [3.8, 4) is 0 Å². The fourth-order valence-corrected chi connectivity index (χ4v) is 2.49. The molecule has 0 bridgehead atoms. The van der Waals surface area contributed by atoms with E-state index in [9.17, 15) is 4.79 Å². The second-order valence-corrected chi connectivity index (χ2v) is 6.72. The van der Waals surface area contributed by atoms with Gasteiger partial charge in [-0.05, 0) is 36.6 Å². The Morgan fingerprint density at radius 2 is 1.80 bits per heavy atom. The van der Waals surface area contributed by atoms with Crippen molar-refractivity contribution in [2.24, 2.45) is 11.7 Å². The highest BCUT2D eigenvalue weighted by Gasteiger charge is 2.15. The molecule has 0 saturated heterocycles. The third-order valence-corrected chi connectivity index (χ3v) is 4.48. The van der Waals surface area contributed by atoms with Gasteiger partial charge in [-0.2, -0.15) is 0 Å². The summed E-state index contributed by atoms with van der Waals surface area (Å²) in [6.45, 7) is 4.83. The van der Waals surface area contributed by atoms with Crippen LogP contribution >= 0.6 is 0 Å². The lowest BCUT2D eigenvalue weighted by Gasteiger charge is -2.22. The van der Waals surface area contributed by atoms with Crippen LogP contribution in [0.2, 0.25) is 0 Å². The number of rotatable bonds is 7. The van der Waals surface area contributed by atoms with Crippen LogP contribution in [0.25, 0.3) is 0 Å². The summed E-state index contributed by atoms with van der Waals surface area (Å²) in [5.41, 5.74) is 7.69. The summed E-state index contributed by atoms with van der Waals surface area (Å²) in [5.74, 6) is 1.18. The molecule has 1 amide bonds. The number of nitrogens with zero attached hydrogens (tertiary/aromatic N) is 3. The number of anilines is 2. The summed E-state index contributed by atoms with van der Waals surface area (Å²) in [7, 11) is 3.76. The lowest BCUT2D eigenvalue weighted by molar-refractivity contribution is 0.0789. The van der Waals surface area contributed by atoms with E-state index in [1.165, 1.54) is 0 Å². The predicted molar refractivity (Wildman–Crippen MR) is 103 cm³/mol. The molecule has 1 atom stereocenters. The number of carbonyl (C=O) groups excluding carboxylic acids is 1. The van der Waals surface area contributed by atoms with Gasteiger partial charge in [0.15, 0.2) is 0 Å². The van der Waals surface area contributed by atoms with Gasteiger partial charge >= 0.3 is 0 Å². The highest BCUT2D eigenvalue weighted by atomic mass is 16.2. The zero-order valence-electron chi connectivity index (χ0n) is 15.5. The van der Waals surface area contributed by atoms with Crippen LogP contribution in [-0.2, 0) is 0 Å². The molecule has 0 spiro atoms. The van der Waals surface area contributed by atoms with Crippen LogP contribution in [0, 0.1) is 5.92 Å². The molecule has 0 aliphatic carbocycles. The van der Waals surface area contributed by atoms with Crippen LogP contribution in [0.5, 0.6) is 0 Å². The summed E-state index contributed by atoms with van der Waals surface area (Å²) in [6, 6.07) is 13.8. The van der Waals surface area contributed by atoms with Gasteiger partial charge in [0.05, 0.1) is 5.56 Å². The average molecular weight is 340 g/mol. The van der Waals surface area contributed by atoms with Crippen molar-refractivity contribution in [3.05, 3.63) is 54.2 Å². The quantitative estimate of drug-likeness (QED) is 0.840. The molecular weight excluding hydrogens is 312 g/mol. The van der Waals surface area contributed by atoms with E-state index in [2.05, 4.69) is 18.8 Å². The van der Waals surface area contributed by atoms with Crippen molar-refractivity contribution < 1.29 is 4.79 Å². The second kappa shape index (κ2) is 8.62. The molecule has 0 aliphatic rings. The average Bonchev–Trinajstić information content (AvgIpc) is 2.65. The number of carbonyl (C=O) groups is 1. The first-order chi connectivity index (χ1) is 11.9. The van der Waals surface area contributed by atoms with Crippen LogP contribution in [0.15, 0.2) is 48.7 Å². The van der Waals surface area contributed by atoms with E-state index in [1.807, 2.05) is 54.4 Å². The van der Waals surface area contributed by atoms with Gasteiger partial charge in [-0.1, -0.05) is 32.0 Å². The maximum absolute atomic E-state index is 12.5. The molecule has 1 aromatic heterocycles. The van der Waals surface area contributed by atoms with Crippen molar-refractivity contribution >= 4 is 17.4 Å². The van der Waals surface area contributed by atoms with Crippen molar-refractivity contribution in [2.45, 2.75) is 26.3 Å². The zero-order chi connectivity index (χ0) is 18.4. The molecule has 0 aliphatic heterocycles. The maximum atomic E-state index is 12.5. The lowest BCUT2D eigenvalue weighted by Crippen LogP contribution is -2.34. The molecular formula is C20H28N4O. The summed E-state index contributed by atoms with van der Waals surface area (Å²) < 4.78 is 0.